The molecule has 0 saturated carbocycles. The van der Waals surface area contributed by atoms with Gasteiger partial charge in [0.15, 0.2) is 0 Å². The van der Waals surface area contributed by atoms with Crippen LogP contribution >= 0.6 is 0 Å². The quantitative estimate of drug-likeness (QED) is 0.896. The fraction of sp³-hybridized carbons (Fsp3) is 0.200. The Labute approximate surface area is 117 Å². The molecule has 1 aromatic carbocycles. The number of nitrogens with zero attached hydrogens (tertiary/aromatic N) is 1. The second-order valence-corrected chi connectivity index (χ2v) is 4.59. The van der Waals surface area contributed by atoms with Crippen molar-refractivity contribution in [1.82, 2.24) is 9.88 Å². The molecule has 1 heterocycles. The first-order valence-corrected chi connectivity index (χ1v) is 6.28. The summed E-state index contributed by atoms with van der Waals surface area (Å²) in [4.78, 5) is 24.0. The van der Waals surface area contributed by atoms with Crippen LogP contribution in [0.25, 0.3) is 0 Å². The highest BCUT2D eigenvalue weighted by molar-refractivity contribution is 6.08. The van der Waals surface area contributed by atoms with Crippen molar-refractivity contribution in [3.63, 3.8) is 0 Å². The van der Waals surface area contributed by atoms with Crippen LogP contribution in [0.2, 0.25) is 0 Å². The Balaban J connectivity index is 2.32. The lowest BCUT2D eigenvalue weighted by Crippen LogP contribution is -2.22. The first-order chi connectivity index (χ1) is 9.52. The second kappa shape index (κ2) is 5.61. The molecule has 0 fully saturated rings. The molecule has 0 aliphatic heterocycles. The third-order valence-corrected chi connectivity index (χ3v) is 3.07. The Bertz CT molecular complexity index is 659. The number of carbonyl (C=O) groups excluding carboxylic acids is 2. The first kappa shape index (κ1) is 13.9. The summed E-state index contributed by atoms with van der Waals surface area (Å²) in [7, 11) is 3.36. The van der Waals surface area contributed by atoms with E-state index < -0.39 is 0 Å². The molecule has 20 heavy (non-hydrogen) atoms. The molecule has 0 saturated heterocycles. The number of nitrogens with one attached hydrogen (secondary N) is 2. The van der Waals surface area contributed by atoms with Gasteiger partial charge in [0, 0.05) is 20.3 Å². The Morgan fingerprint density at radius 3 is 2.50 bits per heavy atom. The van der Waals surface area contributed by atoms with Gasteiger partial charge in [-0.25, -0.2) is 0 Å². The summed E-state index contributed by atoms with van der Waals surface area (Å²) < 4.78 is 1.73. The Kier molecular flexibility index (Phi) is 3.89. The van der Waals surface area contributed by atoms with E-state index in [4.69, 9.17) is 0 Å². The average molecular weight is 271 g/mol. The van der Waals surface area contributed by atoms with Crippen LogP contribution in [-0.4, -0.2) is 23.4 Å². The number of benzene rings is 1. The fourth-order valence-corrected chi connectivity index (χ4v) is 1.97. The van der Waals surface area contributed by atoms with Crippen LogP contribution in [-0.2, 0) is 7.05 Å². The summed E-state index contributed by atoms with van der Waals surface area (Å²) in [5.74, 6) is -0.470. The molecule has 0 radical (unpaired) electrons. The highest BCUT2D eigenvalue weighted by Crippen LogP contribution is 2.18. The number of anilines is 1. The zero-order chi connectivity index (χ0) is 14.7. The minimum atomic E-state index is -0.244. The van der Waals surface area contributed by atoms with Gasteiger partial charge >= 0.3 is 0 Å². The third kappa shape index (κ3) is 2.71. The molecule has 0 aliphatic rings. The number of carbonyl (C=O) groups is 2. The highest BCUT2D eigenvalue weighted by atomic mass is 16.2. The average Bonchev–Trinajstić information content (AvgIpc) is 2.86. The van der Waals surface area contributed by atoms with E-state index in [9.17, 15) is 9.59 Å². The second-order valence-electron chi connectivity index (χ2n) is 4.59. The zero-order valence-corrected chi connectivity index (χ0v) is 11.7. The van der Waals surface area contributed by atoms with Gasteiger partial charge in [-0.15, -0.1) is 0 Å². The number of hydrogen-bond acceptors (Lipinski definition) is 2. The smallest absolute Gasteiger partial charge is 0.272 e. The predicted molar refractivity (Wildman–Crippen MR) is 77.9 cm³/mol. The van der Waals surface area contributed by atoms with Gasteiger partial charge in [-0.2, -0.15) is 0 Å². The minimum absolute atomic E-state index is 0.226. The number of rotatable bonds is 3. The summed E-state index contributed by atoms with van der Waals surface area (Å²) in [5, 5.41) is 5.35. The maximum absolute atomic E-state index is 12.2. The van der Waals surface area contributed by atoms with Crippen molar-refractivity contribution in [2.75, 3.05) is 12.4 Å². The van der Waals surface area contributed by atoms with E-state index in [0.29, 0.717) is 16.9 Å². The van der Waals surface area contributed by atoms with Crippen molar-refractivity contribution >= 4 is 17.5 Å². The molecular formula is C15H17N3O2. The Morgan fingerprint density at radius 1 is 1.15 bits per heavy atom. The maximum Gasteiger partial charge on any atom is 0.272 e. The molecule has 104 valence electrons. The van der Waals surface area contributed by atoms with Gasteiger partial charge in [-0.1, -0.05) is 11.6 Å². The third-order valence-electron chi connectivity index (χ3n) is 3.07. The molecule has 0 unspecified atom stereocenters. The molecule has 2 N–H and O–H groups in total. The predicted octanol–water partition coefficient (Wildman–Crippen LogP) is 1.95. The highest BCUT2D eigenvalue weighted by Gasteiger charge is 2.15. The van der Waals surface area contributed by atoms with Crippen molar-refractivity contribution < 1.29 is 9.59 Å². The molecular weight excluding hydrogens is 254 g/mol. The van der Waals surface area contributed by atoms with E-state index in [-0.39, 0.29) is 11.8 Å². The zero-order valence-electron chi connectivity index (χ0n) is 11.7. The minimum Gasteiger partial charge on any atom is -0.355 e. The van der Waals surface area contributed by atoms with Gasteiger partial charge in [-0.05, 0) is 31.2 Å². The van der Waals surface area contributed by atoms with Crippen molar-refractivity contribution in [1.29, 1.82) is 0 Å². The van der Waals surface area contributed by atoms with Gasteiger partial charge in [0.1, 0.15) is 5.69 Å². The molecule has 2 rings (SSSR count). The molecule has 0 aliphatic carbocycles. The molecule has 0 spiro atoms. The van der Waals surface area contributed by atoms with Crippen molar-refractivity contribution in [2.24, 2.45) is 7.05 Å². The molecule has 0 bridgehead atoms. The summed E-state index contributed by atoms with van der Waals surface area (Å²) in [6.07, 6.45) is 1.80. The van der Waals surface area contributed by atoms with Crippen LogP contribution in [0.1, 0.15) is 26.4 Å². The van der Waals surface area contributed by atoms with Crippen LogP contribution in [0.5, 0.6) is 0 Å². The standard InChI is InChI=1S/C15H17N3O2/c1-10-6-7-12(11(9-10)14(19)16-2)17-15(20)13-5-4-8-18(13)3/h4-9H,1-3H3,(H,16,19)(H,17,20). The van der Waals surface area contributed by atoms with E-state index in [1.807, 2.05) is 13.0 Å². The number of amides is 2. The molecule has 5 heteroatoms. The molecule has 2 aromatic rings. The SMILES string of the molecule is CNC(=O)c1cc(C)ccc1NC(=O)c1cccn1C. The lowest BCUT2D eigenvalue weighted by Gasteiger charge is -2.11. The van der Waals surface area contributed by atoms with Gasteiger partial charge in [0.05, 0.1) is 11.3 Å². The van der Waals surface area contributed by atoms with Crippen molar-refractivity contribution in [3.8, 4) is 0 Å². The van der Waals surface area contributed by atoms with Crippen LogP contribution in [0, 0.1) is 6.92 Å². The summed E-state index contributed by atoms with van der Waals surface area (Å²) >= 11 is 0. The van der Waals surface area contributed by atoms with Crippen LogP contribution in [0.3, 0.4) is 0 Å². The largest absolute Gasteiger partial charge is 0.355 e. The van der Waals surface area contributed by atoms with E-state index >= 15 is 0 Å². The molecule has 5 nitrogen and oxygen atoms in total. The summed E-state index contributed by atoms with van der Waals surface area (Å²) in [6, 6.07) is 8.86. The molecule has 2 amide bonds. The topological polar surface area (TPSA) is 63.1 Å². The Hall–Kier alpha value is -2.56. The van der Waals surface area contributed by atoms with Crippen molar-refractivity contribution in [3.05, 3.63) is 53.3 Å². The Morgan fingerprint density at radius 2 is 1.90 bits per heavy atom. The van der Waals surface area contributed by atoms with Gasteiger partial charge in [0.25, 0.3) is 11.8 Å². The van der Waals surface area contributed by atoms with Crippen LogP contribution in [0.4, 0.5) is 5.69 Å². The van der Waals surface area contributed by atoms with Gasteiger partial charge in [0.2, 0.25) is 0 Å². The maximum atomic E-state index is 12.2. The summed E-state index contributed by atoms with van der Waals surface area (Å²) in [5.41, 5.74) is 2.45. The van der Waals surface area contributed by atoms with Crippen LogP contribution < -0.4 is 10.6 Å². The summed E-state index contributed by atoms with van der Waals surface area (Å²) in [6.45, 7) is 1.90. The van der Waals surface area contributed by atoms with E-state index in [1.54, 1.807) is 49.1 Å². The monoisotopic (exact) mass is 271 g/mol. The van der Waals surface area contributed by atoms with E-state index in [1.165, 1.54) is 0 Å². The number of aromatic nitrogens is 1. The van der Waals surface area contributed by atoms with Gasteiger partial charge < -0.3 is 15.2 Å². The lowest BCUT2D eigenvalue weighted by atomic mass is 10.1. The number of hydrogen-bond donors (Lipinski definition) is 2. The number of aryl methyl sites for hydroxylation is 2. The lowest BCUT2D eigenvalue weighted by molar-refractivity contribution is 0.0964. The van der Waals surface area contributed by atoms with E-state index in [0.717, 1.165) is 5.56 Å². The van der Waals surface area contributed by atoms with Crippen molar-refractivity contribution in [2.45, 2.75) is 6.92 Å². The molecule has 0 atom stereocenters. The fourth-order valence-electron chi connectivity index (χ4n) is 1.97. The van der Waals surface area contributed by atoms with Gasteiger partial charge in [-0.3, -0.25) is 9.59 Å². The first-order valence-electron chi connectivity index (χ1n) is 6.28. The van der Waals surface area contributed by atoms with E-state index in [2.05, 4.69) is 10.6 Å². The van der Waals surface area contributed by atoms with Crippen LogP contribution in [0.15, 0.2) is 36.5 Å². The normalized spacial score (nSPS) is 10.2. The molecule has 1 aromatic heterocycles.